The minimum atomic E-state index is -1.13. The number of amides is 1. The molecule has 3 N–H and O–H groups in total. The fourth-order valence-electron chi connectivity index (χ4n) is 4.38. The van der Waals surface area contributed by atoms with Gasteiger partial charge in [-0.05, 0) is 39.9 Å². The quantitative estimate of drug-likeness (QED) is 0.430. The summed E-state index contributed by atoms with van der Waals surface area (Å²) in [6.07, 6.45) is 2.74. The number of nitrogens with zero attached hydrogens (tertiary/aromatic N) is 1. The highest BCUT2D eigenvalue weighted by Gasteiger charge is 2.30. The Morgan fingerprint density at radius 3 is 2.41 bits per heavy atom. The highest BCUT2D eigenvalue weighted by atomic mass is 16.5. The summed E-state index contributed by atoms with van der Waals surface area (Å²) in [4.78, 5) is 31.5. The normalized spacial score (nSPS) is 13.4. The lowest BCUT2D eigenvalue weighted by molar-refractivity contribution is -0.139. The number of pyridine rings is 1. The van der Waals surface area contributed by atoms with Crippen molar-refractivity contribution in [2.24, 2.45) is 0 Å². The molecule has 2 aromatic heterocycles. The third-order valence-electron chi connectivity index (χ3n) is 5.89. The van der Waals surface area contributed by atoms with Gasteiger partial charge in [-0.25, -0.2) is 14.6 Å². The first-order chi connectivity index (χ1) is 15.6. The molecule has 0 bridgehead atoms. The van der Waals surface area contributed by atoms with Crippen molar-refractivity contribution in [3.05, 3.63) is 89.7 Å². The lowest BCUT2D eigenvalue weighted by atomic mass is 9.98. The summed E-state index contributed by atoms with van der Waals surface area (Å²) in [5, 5.41) is 13.0. The molecule has 2 heterocycles. The molecule has 0 saturated carbocycles. The van der Waals surface area contributed by atoms with Gasteiger partial charge in [0.2, 0.25) is 0 Å². The molecule has 1 aliphatic carbocycles. The second-order valence-corrected chi connectivity index (χ2v) is 7.78. The molecule has 7 heteroatoms. The van der Waals surface area contributed by atoms with Crippen LogP contribution in [-0.2, 0) is 16.0 Å². The zero-order chi connectivity index (χ0) is 22.1. The number of fused-ring (bicyclic) bond motifs is 4. The maximum atomic E-state index is 12.5. The molecule has 1 aliphatic rings. The van der Waals surface area contributed by atoms with Gasteiger partial charge in [0.1, 0.15) is 18.3 Å². The number of hydrogen-bond donors (Lipinski definition) is 3. The maximum absolute atomic E-state index is 12.5. The standard InChI is InChI=1S/C25H21N3O4/c29-24(30)22(12-15-13-27-23-16(15)10-5-11-26-23)28-25(31)32-14-21-19-8-3-1-6-17(19)18-7-2-4-9-20(18)21/h1-11,13,21-22H,12,14H2,(H,26,27)(H,28,31)(H,29,30)/t22-/m0/s1. The molecule has 0 spiro atoms. The number of carboxylic acids is 1. The number of carbonyl (C=O) groups excluding carboxylic acids is 1. The summed E-state index contributed by atoms with van der Waals surface area (Å²) in [6.45, 7) is 0.128. The Balaban J connectivity index is 1.28. The number of H-pyrrole nitrogens is 1. The van der Waals surface area contributed by atoms with Crippen LogP contribution in [-0.4, -0.2) is 39.8 Å². The van der Waals surface area contributed by atoms with Crippen molar-refractivity contribution in [2.45, 2.75) is 18.4 Å². The largest absolute Gasteiger partial charge is 0.480 e. The average Bonchev–Trinajstić information content (AvgIpc) is 3.36. The fraction of sp³-hybridized carbons (Fsp3) is 0.160. The number of nitrogens with one attached hydrogen (secondary N) is 2. The van der Waals surface area contributed by atoms with Gasteiger partial charge in [-0.2, -0.15) is 0 Å². The zero-order valence-corrected chi connectivity index (χ0v) is 17.1. The highest BCUT2D eigenvalue weighted by molar-refractivity contribution is 5.84. The Morgan fingerprint density at radius 2 is 1.72 bits per heavy atom. The van der Waals surface area contributed by atoms with Crippen molar-refractivity contribution in [3.8, 4) is 11.1 Å². The molecular formula is C25H21N3O4. The van der Waals surface area contributed by atoms with Crippen molar-refractivity contribution in [3.63, 3.8) is 0 Å². The van der Waals surface area contributed by atoms with Gasteiger partial charge in [-0.15, -0.1) is 0 Å². The van der Waals surface area contributed by atoms with Crippen LogP contribution in [0.2, 0.25) is 0 Å². The first kappa shape index (κ1) is 19.8. The van der Waals surface area contributed by atoms with Crippen molar-refractivity contribution < 1.29 is 19.4 Å². The summed E-state index contributed by atoms with van der Waals surface area (Å²) in [7, 11) is 0. The van der Waals surface area contributed by atoms with Gasteiger partial charge in [0.25, 0.3) is 0 Å². The monoisotopic (exact) mass is 427 g/mol. The van der Waals surface area contributed by atoms with Gasteiger partial charge < -0.3 is 20.1 Å². The lowest BCUT2D eigenvalue weighted by Crippen LogP contribution is -2.42. The van der Waals surface area contributed by atoms with Gasteiger partial charge in [0.05, 0.1) is 0 Å². The van der Waals surface area contributed by atoms with Crippen molar-refractivity contribution in [2.75, 3.05) is 6.61 Å². The summed E-state index contributed by atoms with van der Waals surface area (Å²) in [5.41, 5.74) is 5.90. The topological polar surface area (TPSA) is 104 Å². The molecule has 32 heavy (non-hydrogen) atoms. The molecule has 4 aromatic rings. The zero-order valence-electron chi connectivity index (χ0n) is 17.1. The van der Waals surface area contributed by atoms with E-state index in [4.69, 9.17) is 4.74 Å². The van der Waals surface area contributed by atoms with Crippen LogP contribution in [0, 0.1) is 0 Å². The maximum Gasteiger partial charge on any atom is 0.407 e. The number of carboxylic acid groups (broad SMARTS) is 1. The molecule has 7 nitrogen and oxygen atoms in total. The van der Waals surface area contributed by atoms with E-state index >= 15 is 0 Å². The fourth-order valence-corrected chi connectivity index (χ4v) is 4.38. The Hall–Kier alpha value is -4.13. The van der Waals surface area contributed by atoms with Crippen molar-refractivity contribution >= 4 is 23.1 Å². The van der Waals surface area contributed by atoms with Crippen molar-refractivity contribution in [1.82, 2.24) is 15.3 Å². The number of benzene rings is 2. The Labute approximate surface area is 184 Å². The van der Waals surface area contributed by atoms with E-state index in [0.29, 0.717) is 5.65 Å². The van der Waals surface area contributed by atoms with E-state index in [2.05, 4.69) is 27.4 Å². The van der Waals surface area contributed by atoms with Crippen LogP contribution in [0.1, 0.15) is 22.6 Å². The van der Waals surface area contributed by atoms with E-state index in [1.165, 1.54) is 0 Å². The van der Waals surface area contributed by atoms with E-state index in [9.17, 15) is 14.7 Å². The molecule has 0 fully saturated rings. The predicted molar refractivity (Wildman–Crippen MR) is 119 cm³/mol. The molecule has 2 aromatic carbocycles. The number of alkyl carbamates (subject to hydrolysis) is 1. The number of hydrogen-bond acceptors (Lipinski definition) is 4. The second-order valence-electron chi connectivity index (χ2n) is 7.78. The number of aliphatic carboxylic acids is 1. The van der Waals surface area contributed by atoms with E-state index < -0.39 is 18.1 Å². The molecule has 1 atom stereocenters. The molecule has 0 unspecified atom stereocenters. The van der Waals surface area contributed by atoms with Crippen LogP contribution in [0.25, 0.3) is 22.2 Å². The molecule has 0 radical (unpaired) electrons. The SMILES string of the molecule is O=C(N[C@@H](Cc1c[nH]c2ncccc12)C(=O)O)OCC1c2ccccc2-c2ccccc21. The van der Waals surface area contributed by atoms with Crippen LogP contribution in [0.15, 0.2) is 73.1 Å². The average molecular weight is 427 g/mol. The van der Waals surface area contributed by atoms with Crippen LogP contribution < -0.4 is 5.32 Å². The van der Waals surface area contributed by atoms with Gasteiger partial charge in [0, 0.05) is 30.1 Å². The van der Waals surface area contributed by atoms with Crippen LogP contribution in [0.5, 0.6) is 0 Å². The predicted octanol–water partition coefficient (Wildman–Crippen LogP) is 4.10. The number of rotatable bonds is 6. The minimum absolute atomic E-state index is 0.0869. The van der Waals surface area contributed by atoms with Crippen LogP contribution in [0.4, 0.5) is 4.79 Å². The lowest BCUT2D eigenvalue weighted by Gasteiger charge is -2.17. The van der Waals surface area contributed by atoms with Crippen LogP contribution >= 0.6 is 0 Å². The number of aromatic amines is 1. The molecule has 5 rings (SSSR count). The third-order valence-corrected chi connectivity index (χ3v) is 5.89. The van der Waals surface area contributed by atoms with Gasteiger partial charge in [-0.3, -0.25) is 0 Å². The number of carbonyl (C=O) groups is 2. The second kappa shape index (κ2) is 8.19. The summed E-state index contributed by atoms with van der Waals surface area (Å²) in [5.74, 6) is -1.21. The molecule has 1 amide bonds. The molecule has 160 valence electrons. The van der Waals surface area contributed by atoms with Gasteiger partial charge >= 0.3 is 12.1 Å². The Bertz CT molecular complexity index is 1270. The summed E-state index contributed by atoms with van der Waals surface area (Å²) in [6, 6.07) is 18.6. The Morgan fingerprint density at radius 1 is 1.03 bits per heavy atom. The molecular weight excluding hydrogens is 406 g/mol. The number of ether oxygens (including phenoxy) is 1. The Kier molecular flexibility index (Phi) is 5.07. The molecule has 0 saturated heterocycles. The van der Waals surface area contributed by atoms with Gasteiger partial charge in [-0.1, -0.05) is 48.5 Å². The molecule has 0 aliphatic heterocycles. The van der Waals surface area contributed by atoms with Crippen LogP contribution in [0.3, 0.4) is 0 Å². The smallest absolute Gasteiger partial charge is 0.407 e. The first-order valence-corrected chi connectivity index (χ1v) is 10.4. The third kappa shape index (κ3) is 3.58. The van der Waals surface area contributed by atoms with Gasteiger partial charge in [0.15, 0.2) is 0 Å². The summed E-state index contributed by atoms with van der Waals surface area (Å²) < 4.78 is 5.49. The van der Waals surface area contributed by atoms with Crippen molar-refractivity contribution in [1.29, 1.82) is 0 Å². The first-order valence-electron chi connectivity index (χ1n) is 10.4. The minimum Gasteiger partial charge on any atom is -0.480 e. The van der Waals surface area contributed by atoms with E-state index in [-0.39, 0.29) is 18.9 Å². The van der Waals surface area contributed by atoms with E-state index in [1.807, 2.05) is 42.5 Å². The van der Waals surface area contributed by atoms with E-state index in [0.717, 1.165) is 33.2 Å². The highest BCUT2D eigenvalue weighted by Crippen LogP contribution is 2.44. The summed E-state index contributed by atoms with van der Waals surface area (Å²) >= 11 is 0. The number of aromatic nitrogens is 2. The van der Waals surface area contributed by atoms with E-state index in [1.54, 1.807) is 18.5 Å².